The third kappa shape index (κ3) is 1.53. The van der Waals surface area contributed by atoms with Crippen molar-refractivity contribution >= 4 is 5.82 Å². The largest absolute Gasteiger partial charge is 0.383 e. The molecule has 0 radical (unpaired) electrons. The molecule has 2 heterocycles. The quantitative estimate of drug-likeness (QED) is 0.624. The van der Waals surface area contributed by atoms with Gasteiger partial charge in [-0.1, -0.05) is 0 Å². The summed E-state index contributed by atoms with van der Waals surface area (Å²) in [6.45, 7) is 0.576. The first-order valence-corrected chi connectivity index (χ1v) is 3.81. The Kier molecular flexibility index (Phi) is 1.99. The van der Waals surface area contributed by atoms with Gasteiger partial charge in [0.1, 0.15) is 12.6 Å². The van der Waals surface area contributed by atoms with Gasteiger partial charge >= 0.3 is 5.69 Å². The summed E-state index contributed by atoms with van der Waals surface area (Å²) in [5.74, 6) is 0.208. The Labute approximate surface area is 73.9 Å². The molecule has 13 heavy (non-hydrogen) atoms. The molecule has 1 aliphatic heterocycles. The molecule has 2 rings (SSSR count). The molecule has 0 saturated carbocycles. The van der Waals surface area contributed by atoms with E-state index in [1.807, 2.05) is 0 Å². The van der Waals surface area contributed by atoms with Crippen molar-refractivity contribution in [3.8, 4) is 0 Å². The summed E-state index contributed by atoms with van der Waals surface area (Å²) < 4.78 is 11.4. The van der Waals surface area contributed by atoms with Crippen LogP contribution < -0.4 is 11.4 Å². The number of ether oxygens (including phenoxy) is 2. The third-order valence-corrected chi connectivity index (χ3v) is 1.77. The molecule has 0 bridgehead atoms. The molecular weight excluding hydrogens is 174 g/mol. The molecule has 6 heteroatoms. The predicted molar refractivity (Wildman–Crippen MR) is 43.9 cm³/mol. The topological polar surface area (TPSA) is 79.4 Å². The molecular formula is C7H9N3O3. The summed E-state index contributed by atoms with van der Waals surface area (Å²) in [6.07, 6.45) is 1.17. The fourth-order valence-corrected chi connectivity index (χ4v) is 1.13. The molecule has 0 aromatic carbocycles. The van der Waals surface area contributed by atoms with Crippen LogP contribution in [-0.2, 0) is 9.47 Å². The van der Waals surface area contributed by atoms with Gasteiger partial charge < -0.3 is 15.2 Å². The first kappa shape index (κ1) is 8.21. The third-order valence-electron chi connectivity index (χ3n) is 1.77. The monoisotopic (exact) mass is 183 g/mol. The molecule has 1 aromatic rings. The minimum Gasteiger partial charge on any atom is -0.383 e. The van der Waals surface area contributed by atoms with Gasteiger partial charge in [-0.05, 0) is 6.07 Å². The van der Waals surface area contributed by atoms with Crippen LogP contribution in [0.25, 0.3) is 0 Å². The van der Waals surface area contributed by atoms with Crippen LogP contribution in [0.5, 0.6) is 0 Å². The first-order valence-electron chi connectivity index (χ1n) is 3.81. The number of rotatable bonds is 1. The van der Waals surface area contributed by atoms with E-state index in [1.165, 1.54) is 4.57 Å². The Hall–Kier alpha value is -1.40. The second kappa shape index (κ2) is 3.15. The molecule has 1 aromatic heterocycles. The number of anilines is 1. The maximum Gasteiger partial charge on any atom is 0.351 e. The Morgan fingerprint density at radius 1 is 1.69 bits per heavy atom. The second-order valence-electron chi connectivity index (χ2n) is 2.65. The summed E-state index contributed by atoms with van der Waals surface area (Å²) >= 11 is 0. The zero-order valence-electron chi connectivity index (χ0n) is 6.84. The molecule has 1 aliphatic rings. The normalized spacial score (nSPS) is 22.0. The summed E-state index contributed by atoms with van der Waals surface area (Å²) in [4.78, 5) is 14.8. The molecule has 70 valence electrons. The second-order valence-corrected chi connectivity index (χ2v) is 2.65. The molecule has 2 N–H and O–H groups in total. The molecule has 1 atom stereocenters. The molecule has 0 amide bonds. The molecule has 1 fully saturated rings. The number of aromatic nitrogens is 2. The van der Waals surface area contributed by atoms with Crippen molar-refractivity contribution < 1.29 is 9.47 Å². The number of nitrogens with zero attached hydrogens (tertiary/aromatic N) is 2. The highest BCUT2D eigenvalue weighted by Crippen LogP contribution is 2.12. The summed E-state index contributed by atoms with van der Waals surface area (Å²) in [7, 11) is 0. The zero-order valence-corrected chi connectivity index (χ0v) is 6.84. The van der Waals surface area contributed by atoms with Gasteiger partial charge in [-0.15, -0.1) is 0 Å². The van der Waals surface area contributed by atoms with Crippen LogP contribution in [0.2, 0.25) is 0 Å². The minimum atomic E-state index is -0.421. The Balaban J connectivity index is 2.34. The van der Waals surface area contributed by atoms with E-state index < -0.39 is 5.69 Å². The van der Waals surface area contributed by atoms with Gasteiger partial charge in [0.15, 0.2) is 6.23 Å². The maximum atomic E-state index is 11.3. The lowest BCUT2D eigenvalue weighted by Crippen LogP contribution is -2.28. The smallest absolute Gasteiger partial charge is 0.351 e. The SMILES string of the molecule is Nc1ccn([C@@H]2COCO2)c(=O)n1. The molecule has 6 nitrogen and oxygen atoms in total. The van der Waals surface area contributed by atoms with Crippen LogP contribution in [0.1, 0.15) is 6.23 Å². The van der Waals surface area contributed by atoms with Crippen molar-refractivity contribution in [2.75, 3.05) is 19.1 Å². The van der Waals surface area contributed by atoms with Crippen molar-refractivity contribution in [2.24, 2.45) is 0 Å². The van der Waals surface area contributed by atoms with Crippen LogP contribution in [0, 0.1) is 0 Å². The van der Waals surface area contributed by atoms with E-state index in [9.17, 15) is 4.79 Å². The molecule has 0 unspecified atom stereocenters. The Bertz CT molecular complexity index is 356. The lowest BCUT2D eigenvalue weighted by molar-refractivity contribution is 0.0216. The van der Waals surface area contributed by atoms with Gasteiger partial charge in [0, 0.05) is 6.20 Å². The van der Waals surface area contributed by atoms with Crippen molar-refractivity contribution in [1.82, 2.24) is 9.55 Å². The fraction of sp³-hybridized carbons (Fsp3) is 0.429. The van der Waals surface area contributed by atoms with E-state index in [0.717, 1.165) is 0 Å². The Morgan fingerprint density at radius 3 is 3.15 bits per heavy atom. The van der Waals surface area contributed by atoms with E-state index in [2.05, 4.69) is 4.98 Å². The van der Waals surface area contributed by atoms with Gasteiger partial charge in [0.25, 0.3) is 0 Å². The average Bonchev–Trinajstić information content (AvgIpc) is 2.56. The van der Waals surface area contributed by atoms with Crippen molar-refractivity contribution in [3.05, 3.63) is 22.7 Å². The van der Waals surface area contributed by atoms with Crippen molar-refractivity contribution in [1.29, 1.82) is 0 Å². The van der Waals surface area contributed by atoms with Crippen LogP contribution in [-0.4, -0.2) is 23.0 Å². The van der Waals surface area contributed by atoms with Crippen LogP contribution >= 0.6 is 0 Å². The summed E-state index contributed by atoms with van der Waals surface area (Å²) in [6, 6.07) is 1.54. The highest BCUT2D eigenvalue weighted by Gasteiger charge is 2.18. The summed E-state index contributed by atoms with van der Waals surface area (Å²) in [5.41, 5.74) is 4.91. The van der Waals surface area contributed by atoms with Crippen LogP contribution in [0.4, 0.5) is 5.82 Å². The van der Waals surface area contributed by atoms with Gasteiger partial charge in [-0.2, -0.15) is 4.98 Å². The number of hydrogen-bond donors (Lipinski definition) is 1. The number of nitrogen functional groups attached to an aromatic ring is 1. The van der Waals surface area contributed by atoms with Gasteiger partial charge in [0.2, 0.25) is 0 Å². The van der Waals surface area contributed by atoms with Crippen LogP contribution in [0.3, 0.4) is 0 Å². The van der Waals surface area contributed by atoms with E-state index in [4.69, 9.17) is 15.2 Å². The van der Waals surface area contributed by atoms with E-state index >= 15 is 0 Å². The van der Waals surface area contributed by atoms with Crippen molar-refractivity contribution in [2.45, 2.75) is 6.23 Å². The zero-order chi connectivity index (χ0) is 9.26. The molecule has 0 aliphatic carbocycles. The fourth-order valence-electron chi connectivity index (χ4n) is 1.13. The minimum absolute atomic E-state index is 0.208. The highest BCUT2D eigenvalue weighted by atomic mass is 16.7. The van der Waals surface area contributed by atoms with Gasteiger partial charge in [0.05, 0.1) is 6.61 Å². The predicted octanol–water partition coefficient (Wildman–Crippen LogP) is -0.672. The first-order chi connectivity index (χ1) is 6.27. The van der Waals surface area contributed by atoms with Crippen molar-refractivity contribution in [3.63, 3.8) is 0 Å². The van der Waals surface area contributed by atoms with Crippen LogP contribution in [0.15, 0.2) is 17.1 Å². The molecule has 1 saturated heterocycles. The number of hydrogen-bond acceptors (Lipinski definition) is 5. The standard InChI is InChI=1S/C7H9N3O3/c8-5-1-2-10(7(11)9-5)6-3-12-4-13-6/h1-2,6H,3-4H2,(H2,8,9,11)/t6-/m0/s1. The Morgan fingerprint density at radius 2 is 2.54 bits per heavy atom. The average molecular weight is 183 g/mol. The summed E-state index contributed by atoms with van der Waals surface area (Å²) in [5, 5.41) is 0. The van der Waals surface area contributed by atoms with E-state index in [0.29, 0.717) is 6.61 Å². The van der Waals surface area contributed by atoms with Gasteiger partial charge in [-0.25, -0.2) is 4.79 Å². The lowest BCUT2D eigenvalue weighted by atomic mass is 10.5. The van der Waals surface area contributed by atoms with Gasteiger partial charge in [-0.3, -0.25) is 4.57 Å². The maximum absolute atomic E-state index is 11.3. The van der Waals surface area contributed by atoms with E-state index in [-0.39, 0.29) is 18.8 Å². The highest BCUT2D eigenvalue weighted by molar-refractivity contribution is 5.23. The molecule has 0 spiro atoms. The van der Waals surface area contributed by atoms with E-state index in [1.54, 1.807) is 12.3 Å². The number of nitrogens with two attached hydrogens (primary N) is 1. The lowest BCUT2D eigenvalue weighted by Gasteiger charge is -2.09.